The van der Waals surface area contributed by atoms with E-state index in [9.17, 15) is 8.78 Å². The first-order chi connectivity index (χ1) is 8.50. The molecule has 2 atom stereocenters. The second-order valence-electron chi connectivity index (χ2n) is 5.27. The van der Waals surface area contributed by atoms with Crippen LogP contribution < -0.4 is 5.73 Å². The lowest BCUT2D eigenvalue weighted by molar-refractivity contribution is 0.0964. The van der Waals surface area contributed by atoms with Crippen molar-refractivity contribution < 1.29 is 8.78 Å². The zero-order chi connectivity index (χ0) is 13.3. The first kappa shape index (κ1) is 13.4. The van der Waals surface area contributed by atoms with Crippen LogP contribution in [0.3, 0.4) is 0 Å². The van der Waals surface area contributed by atoms with Gasteiger partial charge in [0.25, 0.3) is 0 Å². The summed E-state index contributed by atoms with van der Waals surface area (Å²) >= 11 is 0. The van der Waals surface area contributed by atoms with Gasteiger partial charge in [0.2, 0.25) is 0 Å². The van der Waals surface area contributed by atoms with Crippen molar-refractivity contribution in [2.24, 2.45) is 5.73 Å². The van der Waals surface area contributed by atoms with Crippen molar-refractivity contribution in [3.05, 3.63) is 35.4 Å². The Labute approximate surface area is 107 Å². The van der Waals surface area contributed by atoms with Crippen LogP contribution >= 0.6 is 0 Å². The fourth-order valence-corrected chi connectivity index (χ4v) is 2.74. The van der Waals surface area contributed by atoms with Gasteiger partial charge in [-0.05, 0) is 38.8 Å². The summed E-state index contributed by atoms with van der Waals surface area (Å²) < 4.78 is 27.8. The molecule has 1 fully saturated rings. The largest absolute Gasteiger partial charge is 0.328 e. The van der Waals surface area contributed by atoms with Crippen molar-refractivity contribution in [3.8, 4) is 0 Å². The van der Waals surface area contributed by atoms with Gasteiger partial charge in [0, 0.05) is 30.2 Å². The second-order valence-corrected chi connectivity index (χ2v) is 5.27. The molecule has 1 aromatic rings. The lowest BCUT2D eigenvalue weighted by Gasteiger charge is -2.41. The minimum Gasteiger partial charge on any atom is -0.328 e. The summed E-state index contributed by atoms with van der Waals surface area (Å²) in [5.74, 6) is -0.945. The number of piperidine rings is 1. The third-order valence-corrected chi connectivity index (χ3v) is 3.68. The molecular formula is C14H20F2N2. The zero-order valence-electron chi connectivity index (χ0n) is 10.9. The average Bonchev–Trinajstić information content (AvgIpc) is 2.28. The third kappa shape index (κ3) is 2.54. The van der Waals surface area contributed by atoms with Crippen LogP contribution in [-0.2, 0) is 0 Å². The molecule has 0 saturated carbocycles. The highest BCUT2D eigenvalue weighted by Gasteiger charge is 2.32. The monoisotopic (exact) mass is 254 g/mol. The molecule has 1 aromatic carbocycles. The number of hydrogen-bond donors (Lipinski definition) is 1. The van der Waals surface area contributed by atoms with E-state index in [4.69, 9.17) is 5.73 Å². The van der Waals surface area contributed by atoms with Gasteiger partial charge in [-0.2, -0.15) is 0 Å². The summed E-state index contributed by atoms with van der Waals surface area (Å²) in [6.45, 7) is 4.88. The first-order valence-electron chi connectivity index (χ1n) is 6.46. The number of nitrogens with zero attached hydrogens (tertiary/aromatic N) is 1. The molecule has 0 bridgehead atoms. The molecule has 4 heteroatoms. The molecule has 0 aliphatic carbocycles. The molecule has 0 unspecified atom stereocenters. The fraction of sp³-hybridized carbons (Fsp3) is 0.571. The molecule has 1 saturated heterocycles. The average molecular weight is 254 g/mol. The Bertz CT molecular complexity index is 400. The topological polar surface area (TPSA) is 29.3 Å². The van der Waals surface area contributed by atoms with E-state index < -0.39 is 11.6 Å². The Morgan fingerprint density at radius 2 is 1.89 bits per heavy atom. The molecule has 2 rings (SSSR count). The van der Waals surface area contributed by atoms with E-state index >= 15 is 0 Å². The maximum Gasteiger partial charge on any atom is 0.130 e. The number of rotatable bonds is 2. The number of likely N-dealkylation sites (tertiary alicyclic amines) is 1. The van der Waals surface area contributed by atoms with E-state index in [0.29, 0.717) is 6.42 Å². The maximum atomic E-state index is 13.9. The molecule has 1 heterocycles. The lowest BCUT2D eigenvalue weighted by atomic mass is 9.90. The summed E-state index contributed by atoms with van der Waals surface area (Å²) in [7, 11) is 0. The van der Waals surface area contributed by atoms with E-state index in [1.165, 1.54) is 18.2 Å². The Morgan fingerprint density at radius 3 is 2.44 bits per heavy atom. The lowest BCUT2D eigenvalue weighted by Crippen LogP contribution is -2.45. The van der Waals surface area contributed by atoms with Crippen LogP contribution in [0.15, 0.2) is 18.2 Å². The van der Waals surface area contributed by atoms with Gasteiger partial charge in [-0.15, -0.1) is 0 Å². The summed E-state index contributed by atoms with van der Waals surface area (Å²) in [4.78, 5) is 2.13. The highest BCUT2D eigenvalue weighted by atomic mass is 19.1. The van der Waals surface area contributed by atoms with E-state index in [1.807, 2.05) is 13.8 Å². The van der Waals surface area contributed by atoms with Crippen molar-refractivity contribution in [1.82, 2.24) is 4.90 Å². The Morgan fingerprint density at radius 1 is 1.28 bits per heavy atom. The molecule has 18 heavy (non-hydrogen) atoms. The summed E-state index contributed by atoms with van der Waals surface area (Å²) in [5.41, 5.74) is 6.12. The van der Waals surface area contributed by atoms with Crippen molar-refractivity contribution in [1.29, 1.82) is 0 Å². The quantitative estimate of drug-likeness (QED) is 0.879. The van der Waals surface area contributed by atoms with Crippen molar-refractivity contribution >= 4 is 0 Å². The first-order valence-corrected chi connectivity index (χ1v) is 6.46. The predicted molar refractivity (Wildman–Crippen MR) is 68.2 cm³/mol. The summed E-state index contributed by atoms with van der Waals surface area (Å²) in [6.07, 6.45) is 1.49. The van der Waals surface area contributed by atoms with Gasteiger partial charge >= 0.3 is 0 Å². The highest BCUT2D eigenvalue weighted by molar-refractivity contribution is 5.24. The second kappa shape index (κ2) is 5.33. The molecule has 0 amide bonds. The third-order valence-electron chi connectivity index (χ3n) is 3.68. The number of benzene rings is 1. The van der Waals surface area contributed by atoms with Gasteiger partial charge in [-0.3, -0.25) is 4.90 Å². The number of nitrogens with two attached hydrogens (primary N) is 1. The Balaban J connectivity index is 2.38. The molecule has 1 aliphatic heterocycles. The van der Waals surface area contributed by atoms with E-state index in [0.717, 1.165) is 13.0 Å². The minimum absolute atomic E-state index is 0.0176. The molecule has 100 valence electrons. The van der Waals surface area contributed by atoms with Crippen LogP contribution in [0.1, 0.15) is 38.3 Å². The zero-order valence-corrected chi connectivity index (χ0v) is 10.9. The van der Waals surface area contributed by atoms with Gasteiger partial charge in [0.05, 0.1) is 0 Å². The van der Waals surface area contributed by atoms with Crippen LogP contribution in [0.4, 0.5) is 8.78 Å². The fourth-order valence-electron chi connectivity index (χ4n) is 2.74. The number of halogens is 2. The van der Waals surface area contributed by atoms with Crippen LogP contribution in [0.5, 0.6) is 0 Å². The summed E-state index contributed by atoms with van der Waals surface area (Å²) in [6, 6.07) is 4.05. The van der Waals surface area contributed by atoms with E-state index in [-0.39, 0.29) is 23.7 Å². The van der Waals surface area contributed by atoms with Crippen molar-refractivity contribution in [3.63, 3.8) is 0 Å². The van der Waals surface area contributed by atoms with Crippen LogP contribution in [0.25, 0.3) is 0 Å². The van der Waals surface area contributed by atoms with Gasteiger partial charge in [0.15, 0.2) is 0 Å². The van der Waals surface area contributed by atoms with Gasteiger partial charge < -0.3 is 5.73 Å². The molecule has 1 aliphatic rings. The molecule has 2 N–H and O–H groups in total. The molecule has 0 spiro atoms. The van der Waals surface area contributed by atoms with Crippen molar-refractivity contribution in [2.75, 3.05) is 6.54 Å². The summed E-state index contributed by atoms with van der Waals surface area (Å²) in [5, 5.41) is 0. The molecule has 0 radical (unpaired) electrons. The maximum absolute atomic E-state index is 13.9. The van der Waals surface area contributed by atoms with E-state index in [2.05, 4.69) is 4.90 Å². The van der Waals surface area contributed by atoms with Crippen LogP contribution in [-0.4, -0.2) is 23.5 Å². The Hall–Kier alpha value is -1.00. The van der Waals surface area contributed by atoms with Gasteiger partial charge in [-0.1, -0.05) is 6.07 Å². The van der Waals surface area contributed by atoms with Crippen LogP contribution in [0, 0.1) is 11.6 Å². The predicted octanol–water partition coefficient (Wildman–Crippen LogP) is 2.84. The van der Waals surface area contributed by atoms with Gasteiger partial charge in [-0.25, -0.2) is 8.78 Å². The SMILES string of the molecule is CC(C)N1CC[C@@H](N)C[C@H]1c1c(F)cccc1F. The standard InChI is InChI=1S/C14H20F2N2/c1-9(2)18-7-6-10(17)8-13(18)14-11(15)4-3-5-12(14)16/h3-5,9-10,13H,6-8,17H2,1-2H3/t10-,13+/m1/s1. The Kier molecular flexibility index (Phi) is 3.97. The molecular weight excluding hydrogens is 234 g/mol. The minimum atomic E-state index is -0.472. The van der Waals surface area contributed by atoms with E-state index in [1.54, 1.807) is 0 Å². The molecule has 0 aromatic heterocycles. The normalized spacial score (nSPS) is 25.7. The van der Waals surface area contributed by atoms with Crippen molar-refractivity contribution in [2.45, 2.75) is 44.8 Å². The molecule has 2 nitrogen and oxygen atoms in total. The van der Waals surface area contributed by atoms with Gasteiger partial charge in [0.1, 0.15) is 11.6 Å². The highest BCUT2D eigenvalue weighted by Crippen LogP contribution is 2.34. The smallest absolute Gasteiger partial charge is 0.130 e. The van der Waals surface area contributed by atoms with Crippen LogP contribution in [0.2, 0.25) is 0 Å². The number of hydrogen-bond acceptors (Lipinski definition) is 2.